The van der Waals surface area contributed by atoms with Gasteiger partial charge in [-0.2, -0.15) is 0 Å². The first-order valence-electron chi connectivity index (χ1n) is 6.72. The summed E-state index contributed by atoms with van der Waals surface area (Å²) in [6.07, 6.45) is 1.92. The van der Waals surface area contributed by atoms with Crippen molar-refractivity contribution in [2.24, 2.45) is 0 Å². The van der Waals surface area contributed by atoms with Gasteiger partial charge in [-0.15, -0.1) is 22.8 Å². The van der Waals surface area contributed by atoms with E-state index in [0.29, 0.717) is 5.03 Å². The van der Waals surface area contributed by atoms with E-state index >= 15 is 0 Å². The van der Waals surface area contributed by atoms with Gasteiger partial charge in [0.25, 0.3) is 0 Å². The van der Waals surface area contributed by atoms with E-state index in [0.717, 1.165) is 18.5 Å². The Balaban J connectivity index is 1.95. The lowest BCUT2D eigenvalue weighted by molar-refractivity contribution is 0.772. The van der Waals surface area contributed by atoms with Crippen LogP contribution in [-0.4, -0.2) is 23.3 Å². The molecule has 0 saturated heterocycles. The fourth-order valence-corrected chi connectivity index (χ4v) is 4.95. The molecule has 0 unspecified atom stereocenters. The van der Waals surface area contributed by atoms with Gasteiger partial charge in [-0.3, -0.25) is 0 Å². The molecule has 6 heteroatoms. The average Bonchev–Trinajstić information content (AvgIpc) is 2.42. The van der Waals surface area contributed by atoms with E-state index in [-0.39, 0.29) is 5.95 Å². The van der Waals surface area contributed by atoms with E-state index in [1.54, 1.807) is 0 Å². The van der Waals surface area contributed by atoms with Crippen LogP contribution in [0.15, 0.2) is 35.4 Å². The van der Waals surface area contributed by atoms with Crippen LogP contribution < -0.4 is 10.9 Å². The molecule has 4 nitrogen and oxygen atoms in total. The molecular formula is C14H20N4SSi. The molecule has 0 saturated carbocycles. The lowest BCUT2D eigenvalue weighted by Crippen LogP contribution is -2.40. The molecule has 0 aliphatic carbocycles. The van der Waals surface area contributed by atoms with Crippen molar-refractivity contribution in [3.05, 3.63) is 36.0 Å². The van der Waals surface area contributed by atoms with E-state index in [1.807, 2.05) is 0 Å². The number of nitrogen functional groups attached to an aromatic ring is 1. The molecule has 20 heavy (non-hydrogen) atoms. The van der Waals surface area contributed by atoms with Crippen molar-refractivity contribution in [3.63, 3.8) is 0 Å². The second-order valence-electron chi connectivity index (χ2n) is 5.54. The summed E-state index contributed by atoms with van der Waals surface area (Å²) in [6, 6.07) is 12.0. The number of hydrogen-bond acceptors (Lipinski definition) is 5. The van der Waals surface area contributed by atoms with Gasteiger partial charge in [0.2, 0.25) is 5.95 Å². The molecular weight excluding hydrogens is 284 g/mol. The molecule has 106 valence electrons. The second-order valence-corrected chi connectivity index (χ2v) is 10.8. The van der Waals surface area contributed by atoms with Gasteiger partial charge in [0.05, 0.1) is 13.8 Å². The minimum absolute atomic E-state index is 0.178. The van der Waals surface area contributed by atoms with Crippen LogP contribution in [0.25, 0.3) is 0 Å². The van der Waals surface area contributed by atoms with Gasteiger partial charge in [0.1, 0.15) is 5.03 Å². The number of nitrogens with two attached hydrogens (primary N) is 1. The fraction of sp³-hybridized carbons (Fsp3) is 0.357. The summed E-state index contributed by atoms with van der Waals surface area (Å²) in [6.45, 7) is 4.80. The maximum absolute atomic E-state index is 5.47. The van der Waals surface area contributed by atoms with Crippen molar-refractivity contribution in [3.8, 4) is 0 Å². The molecule has 1 aromatic carbocycles. The van der Waals surface area contributed by atoms with Crippen LogP contribution in [0.2, 0.25) is 19.1 Å². The van der Waals surface area contributed by atoms with Crippen LogP contribution in [-0.2, 0) is 6.42 Å². The highest BCUT2D eigenvalue weighted by molar-refractivity contribution is 7.80. The third kappa shape index (κ3) is 3.80. The normalized spacial score (nSPS) is 11.6. The Labute approximate surface area is 126 Å². The monoisotopic (exact) mass is 304 g/mol. The minimum atomic E-state index is -1.38. The Morgan fingerprint density at radius 3 is 2.50 bits per heavy atom. The zero-order valence-corrected chi connectivity index (χ0v) is 13.8. The molecule has 1 heterocycles. The first kappa shape index (κ1) is 15.0. The number of nitrogens with zero attached hydrogens (tertiary/aromatic N) is 3. The van der Waals surface area contributed by atoms with E-state index in [4.69, 9.17) is 5.73 Å². The molecule has 0 fully saturated rings. The summed E-state index contributed by atoms with van der Waals surface area (Å²) < 4.78 is 0. The number of hydrogen-bond donors (Lipinski definition) is 2. The van der Waals surface area contributed by atoms with Gasteiger partial charge in [-0.1, -0.05) is 54.7 Å². The van der Waals surface area contributed by atoms with E-state index in [1.165, 1.54) is 11.2 Å². The summed E-state index contributed by atoms with van der Waals surface area (Å²) in [5, 5.41) is 9.95. The van der Waals surface area contributed by atoms with Crippen LogP contribution >= 0.6 is 12.6 Å². The van der Waals surface area contributed by atoms with E-state index in [2.05, 4.69) is 71.2 Å². The summed E-state index contributed by atoms with van der Waals surface area (Å²) in [4.78, 5) is 4.03. The third-order valence-electron chi connectivity index (χ3n) is 3.52. The Hall–Kier alpha value is -1.40. The SMILES string of the molecule is C[Si](C)(CCCc1nnc(N)nc1S)c1ccccc1. The Kier molecular flexibility index (Phi) is 4.77. The molecule has 0 radical (unpaired) electrons. The van der Waals surface area contributed by atoms with Gasteiger partial charge in [0, 0.05) is 0 Å². The summed E-state index contributed by atoms with van der Waals surface area (Å²) in [5.74, 6) is 0.178. The van der Waals surface area contributed by atoms with Crippen LogP contribution in [0.1, 0.15) is 12.1 Å². The van der Waals surface area contributed by atoms with Crippen LogP contribution in [0, 0.1) is 0 Å². The first-order valence-corrected chi connectivity index (χ1v) is 10.4. The quantitative estimate of drug-likeness (QED) is 0.657. The van der Waals surface area contributed by atoms with Crippen molar-refractivity contribution in [2.45, 2.75) is 37.0 Å². The maximum atomic E-state index is 5.47. The number of aromatic nitrogens is 3. The van der Waals surface area contributed by atoms with Crippen molar-refractivity contribution in [2.75, 3.05) is 5.73 Å². The number of benzene rings is 1. The lowest BCUT2D eigenvalue weighted by Gasteiger charge is -2.22. The fourth-order valence-electron chi connectivity index (χ4n) is 2.24. The van der Waals surface area contributed by atoms with Crippen LogP contribution in [0.5, 0.6) is 0 Å². The Bertz CT molecular complexity index is 575. The molecule has 0 amide bonds. The van der Waals surface area contributed by atoms with Crippen molar-refractivity contribution in [1.82, 2.24) is 15.2 Å². The molecule has 2 rings (SSSR count). The maximum Gasteiger partial charge on any atom is 0.241 e. The highest BCUT2D eigenvalue weighted by Crippen LogP contribution is 2.17. The number of aryl methyl sites for hydroxylation is 1. The zero-order valence-electron chi connectivity index (χ0n) is 11.9. The van der Waals surface area contributed by atoms with Gasteiger partial charge < -0.3 is 5.73 Å². The number of anilines is 1. The number of thiol groups is 1. The summed E-state index contributed by atoms with van der Waals surface area (Å²) in [7, 11) is -1.38. The first-order chi connectivity index (χ1) is 9.49. The molecule has 0 spiro atoms. The summed E-state index contributed by atoms with van der Waals surface area (Å²) in [5.41, 5.74) is 6.31. The van der Waals surface area contributed by atoms with E-state index in [9.17, 15) is 0 Å². The average molecular weight is 304 g/mol. The second kappa shape index (κ2) is 6.36. The molecule has 2 aromatic rings. The summed E-state index contributed by atoms with van der Waals surface area (Å²) >= 11 is 4.30. The predicted molar refractivity (Wildman–Crippen MR) is 88.2 cm³/mol. The topological polar surface area (TPSA) is 64.7 Å². The Morgan fingerprint density at radius 2 is 1.85 bits per heavy atom. The lowest BCUT2D eigenvalue weighted by atomic mass is 10.3. The van der Waals surface area contributed by atoms with Gasteiger partial charge in [-0.05, 0) is 12.8 Å². The smallest absolute Gasteiger partial charge is 0.241 e. The highest BCUT2D eigenvalue weighted by atomic mass is 32.1. The minimum Gasteiger partial charge on any atom is -0.366 e. The standard InChI is InChI=1S/C14H20N4SSi/c1-20(2,11-7-4-3-5-8-11)10-6-9-12-13(19)16-14(15)18-17-12/h3-5,7-8H,6,9-10H2,1-2H3,(H3,15,16,18,19). The van der Waals surface area contributed by atoms with Gasteiger partial charge in [-0.25, -0.2) is 4.98 Å². The van der Waals surface area contributed by atoms with E-state index < -0.39 is 8.07 Å². The molecule has 0 atom stereocenters. The Morgan fingerprint density at radius 1 is 1.15 bits per heavy atom. The molecule has 2 N–H and O–H groups in total. The third-order valence-corrected chi connectivity index (χ3v) is 7.38. The number of rotatable bonds is 5. The molecule has 0 aliphatic rings. The van der Waals surface area contributed by atoms with Crippen molar-refractivity contribution >= 4 is 31.8 Å². The zero-order chi connectivity index (χ0) is 14.6. The van der Waals surface area contributed by atoms with Crippen molar-refractivity contribution < 1.29 is 0 Å². The van der Waals surface area contributed by atoms with Gasteiger partial charge in [0.15, 0.2) is 0 Å². The molecule has 0 aliphatic heterocycles. The highest BCUT2D eigenvalue weighted by Gasteiger charge is 2.22. The van der Waals surface area contributed by atoms with Crippen LogP contribution in [0.3, 0.4) is 0 Å². The molecule has 0 bridgehead atoms. The largest absolute Gasteiger partial charge is 0.366 e. The predicted octanol–water partition coefficient (Wildman–Crippen LogP) is 2.29. The van der Waals surface area contributed by atoms with Gasteiger partial charge >= 0.3 is 0 Å². The van der Waals surface area contributed by atoms with Crippen molar-refractivity contribution in [1.29, 1.82) is 0 Å². The van der Waals surface area contributed by atoms with Crippen LogP contribution in [0.4, 0.5) is 5.95 Å². The molecule has 1 aromatic heterocycles.